The molecule has 148 valence electrons. The van der Waals surface area contributed by atoms with Crippen molar-refractivity contribution in [1.29, 1.82) is 0 Å². The number of aromatic nitrogens is 2. The van der Waals surface area contributed by atoms with Crippen molar-refractivity contribution in [2.45, 2.75) is 52.6 Å². The number of hydrogen-bond donors (Lipinski definition) is 1. The minimum absolute atomic E-state index is 0.0730. The van der Waals surface area contributed by atoms with Crippen molar-refractivity contribution in [2.75, 3.05) is 13.2 Å². The number of carbonyl (C=O) groups is 2. The third-order valence-electron chi connectivity index (χ3n) is 5.61. The molecule has 0 spiro atoms. The van der Waals surface area contributed by atoms with Crippen LogP contribution in [0.5, 0.6) is 0 Å². The van der Waals surface area contributed by atoms with E-state index < -0.39 is 0 Å². The normalized spacial score (nSPS) is 20.8. The fourth-order valence-corrected chi connectivity index (χ4v) is 4.22. The van der Waals surface area contributed by atoms with Gasteiger partial charge in [0.1, 0.15) is 0 Å². The van der Waals surface area contributed by atoms with Crippen LogP contribution in [0, 0.1) is 12.3 Å². The Labute approximate surface area is 165 Å². The lowest BCUT2D eigenvalue weighted by Crippen LogP contribution is -2.31. The number of nitrogens with zero attached hydrogens (tertiary/aromatic N) is 2. The maximum atomic E-state index is 12.6. The Morgan fingerprint density at radius 3 is 2.71 bits per heavy atom. The number of aryl methyl sites for hydroxylation is 1. The molecule has 0 unspecified atom stereocenters. The number of ketones is 1. The van der Waals surface area contributed by atoms with Gasteiger partial charge in [0.2, 0.25) is 0 Å². The zero-order valence-electron chi connectivity index (χ0n) is 16.7. The number of benzene rings is 1. The van der Waals surface area contributed by atoms with Crippen LogP contribution in [-0.4, -0.2) is 40.7 Å². The van der Waals surface area contributed by atoms with Crippen LogP contribution in [0.25, 0.3) is 5.69 Å². The minimum Gasteiger partial charge on any atom is -0.376 e. The molecule has 1 aliphatic heterocycles. The first kappa shape index (κ1) is 18.9. The van der Waals surface area contributed by atoms with Gasteiger partial charge < -0.3 is 10.1 Å². The third kappa shape index (κ3) is 3.61. The first-order valence-corrected chi connectivity index (χ1v) is 9.96. The molecular formula is C22H27N3O3. The maximum Gasteiger partial charge on any atom is 0.251 e. The molecule has 0 radical (unpaired) electrons. The van der Waals surface area contributed by atoms with Crippen LogP contribution in [0.3, 0.4) is 0 Å². The zero-order chi connectivity index (χ0) is 19.9. The highest BCUT2D eigenvalue weighted by molar-refractivity contribution is 6.00. The molecule has 1 amide bonds. The quantitative estimate of drug-likeness (QED) is 0.882. The summed E-state index contributed by atoms with van der Waals surface area (Å²) >= 11 is 0. The molecule has 2 aliphatic rings. The SMILES string of the molecule is Cc1nn(-c2ccc(C(=O)NC[C@H]3CCCO3)cc2)c2c1C(=O)CC(C)(C)C2. The lowest BCUT2D eigenvalue weighted by Gasteiger charge is -2.29. The van der Waals surface area contributed by atoms with Gasteiger partial charge in [-0.2, -0.15) is 5.10 Å². The Hall–Kier alpha value is -2.47. The summed E-state index contributed by atoms with van der Waals surface area (Å²) in [5.41, 5.74) is 3.90. The Kier molecular flexibility index (Phi) is 4.83. The van der Waals surface area contributed by atoms with Crippen LogP contribution >= 0.6 is 0 Å². The number of hydrogen-bond acceptors (Lipinski definition) is 4. The first-order chi connectivity index (χ1) is 13.3. The molecule has 0 saturated carbocycles. The van der Waals surface area contributed by atoms with Crippen molar-refractivity contribution in [1.82, 2.24) is 15.1 Å². The highest BCUT2D eigenvalue weighted by Gasteiger charge is 2.35. The van der Waals surface area contributed by atoms with Gasteiger partial charge in [-0.05, 0) is 55.9 Å². The predicted octanol–water partition coefficient (Wildman–Crippen LogP) is 3.24. The first-order valence-electron chi connectivity index (χ1n) is 9.96. The van der Waals surface area contributed by atoms with Crippen molar-refractivity contribution in [3.05, 3.63) is 46.8 Å². The van der Waals surface area contributed by atoms with E-state index in [0.717, 1.165) is 48.5 Å². The summed E-state index contributed by atoms with van der Waals surface area (Å²) < 4.78 is 7.40. The van der Waals surface area contributed by atoms with E-state index in [1.165, 1.54) is 0 Å². The number of fused-ring (bicyclic) bond motifs is 1. The van der Waals surface area contributed by atoms with Gasteiger partial charge in [-0.15, -0.1) is 0 Å². The van der Waals surface area contributed by atoms with E-state index in [1.807, 2.05) is 23.7 Å². The van der Waals surface area contributed by atoms with Crippen LogP contribution in [0.15, 0.2) is 24.3 Å². The zero-order valence-corrected chi connectivity index (χ0v) is 16.7. The molecule has 1 atom stereocenters. The molecule has 4 rings (SSSR count). The Bertz CT molecular complexity index is 906. The van der Waals surface area contributed by atoms with Crippen molar-refractivity contribution in [3.8, 4) is 5.69 Å². The van der Waals surface area contributed by atoms with E-state index in [0.29, 0.717) is 18.5 Å². The van der Waals surface area contributed by atoms with E-state index in [1.54, 1.807) is 12.1 Å². The average Bonchev–Trinajstić information content (AvgIpc) is 3.27. The summed E-state index contributed by atoms with van der Waals surface area (Å²) in [5.74, 6) is 0.0668. The van der Waals surface area contributed by atoms with Gasteiger partial charge in [-0.3, -0.25) is 9.59 Å². The van der Waals surface area contributed by atoms with Crippen LogP contribution in [0.1, 0.15) is 65.2 Å². The van der Waals surface area contributed by atoms with Crippen molar-refractivity contribution in [3.63, 3.8) is 0 Å². The van der Waals surface area contributed by atoms with E-state index in [2.05, 4.69) is 24.3 Å². The largest absolute Gasteiger partial charge is 0.376 e. The predicted molar refractivity (Wildman–Crippen MR) is 106 cm³/mol. The summed E-state index contributed by atoms with van der Waals surface area (Å²) in [6.07, 6.45) is 3.54. The number of rotatable bonds is 4. The van der Waals surface area contributed by atoms with Gasteiger partial charge in [0, 0.05) is 25.1 Å². The topological polar surface area (TPSA) is 73.2 Å². The molecule has 6 nitrogen and oxygen atoms in total. The fourth-order valence-electron chi connectivity index (χ4n) is 4.22. The summed E-state index contributed by atoms with van der Waals surface area (Å²) in [4.78, 5) is 25.0. The molecule has 28 heavy (non-hydrogen) atoms. The second kappa shape index (κ2) is 7.17. The molecule has 1 aliphatic carbocycles. The monoisotopic (exact) mass is 381 g/mol. The number of nitrogens with one attached hydrogen (secondary N) is 1. The second-order valence-corrected chi connectivity index (χ2v) is 8.65. The molecule has 1 aromatic carbocycles. The van der Waals surface area contributed by atoms with Crippen LogP contribution in [0.4, 0.5) is 0 Å². The highest BCUT2D eigenvalue weighted by atomic mass is 16.5. The van der Waals surface area contributed by atoms with Gasteiger partial charge in [0.15, 0.2) is 5.78 Å². The Balaban J connectivity index is 1.54. The average molecular weight is 381 g/mol. The number of amides is 1. The van der Waals surface area contributed by atoms with E-state index >= 15 is 0 Å². The van der Waals surface area contributed by atoms with Crippen molar-refractivity contribution in [2.24, 2.45) is 5.41 Å². The van der Waals surface area contributed by atoms with Gasteiger partial charge in [0.25, 0.3) is 5.91 Å². The summed E-state index contributed by atoms with van der Waals surface area (Å²) in [6.45, 7) is 7.44. The van der Waals surface area contributed by atoms with Gasteiger partial charge in [-0.25, -0.2) is 4.68 Å². The van der Waals surface area contributed by atoms with Crippen LogP contribution in [0.2, 0.25) is 0 Å². The van der Waals surface area contributed by atoms with Gasteiger partial charge in [-0.1, -0.05) is 13.8 Å². The molecule has 2 aromatic rings. The second-order valence-electron chi connectivity index (χ2n) is 8.65. The molecule has 2 heterocycles. The fraction of sp³-hybridized carbons (Fsp3) is 0.500. The Morgan fingerprint density at radius 1 is 1.29 bits per heavy atom. The van der Waals surface area contributed by atoms with E-state index in [9.17, 15) is 9.59 Å². The summed E-state index contributed by atoms with van der Waals surface area (Å²) in [7, 11) is 0. The summed E-state index contributed by atoms with van der Waals surface area (Å²) in [5, 5.41) is 7.56. The maximum absolute atomic E-state index is 12.6. The third-order valence-corrected chi connectivity index (χ3v) is 5.61. The molecular weight excluding hydrogens is 354 g/mol. The van der Waals surface area contributed by atoms with Crippen LogP contribution < -0.4 is 5.32 Å². The molecule has 1 aromatic heterocycles. The molecule has 1 saturated heterocycles. The smallest absolute Gasteiger partial charge is 0.251 e. The molecule has 6 heteroatoms. The van der Waals surface area contributed by atoms with Crippen molar-refractivity contribution < 1.29 is 14.3 Å². The van der Waals surface area contributed by atoms with Crippen molar-refractivity contribution >= 4 is 11.7 Å². The minimum atomic E-state index is -0.1000. The number of Topliss-reactive ketones (excluding diaryl/α,β-unsaturated/α-hetero) is 1. The van der Waals surface area contributed by atoms with E-state index in [4.69, 9.17) is 4.74 Å². The highest BCUT2D eigenvalue weighted by Crippen LogP contribution is 2.36. The van der Waals surface area contributed by atoms with Gasteiger partial charge >= 0.3 is 0 Å². The standard InChI is InChI=1S/C22H27N3O3/c1-14-20-18(11-22(2,3)12-19(20)26)25(24-14)16-8-6-15(7-9-16)21(27)23-13-17-5-4-10-28-17/h6-9,17H,4-5,10-13H2,1-3H3,(H,23,27)/t17-/m1/s1. The lowest BCUT2D eigenvalue weighted by molar-refractivity contribution is 0.0857. The van der Waals surface area contributed by atoms with Crippen LogP contribution in [-0.2, 0) is 11.2 Å². The van der Waals surface area contributed by atoms with Gasteiger partial charge in [0.05, 0.1) is 28.7 Å². The molecule has 0 bridgehead atoms. The molecule has 1 fully saturated rings. The number of ether oxygens (including phenoxy) is 1. The number of carbonyl (C=O) groups excluding carboxylic acids is 2. The lowest BCUT2D eigenvalue weighted by atomic mass is 9.75. The Morgan fingerprint density at radius 2 is 2.04 bits per heavy atom. The van der Waals surface area contributed by atoms with E-state index in [-0.39, 0.29) is 23.2 Å². The summed E-state index contributed by atoms with van der Waals surface area (Å²) in [6, 6.07) is 7.39. The molecule has 1 N–H and O–H groups in total.